The number of aromatic amines is 3. The fraction of sp³-hybridized carbons (Fsp3) is 0.143. The van der Waals surface area contributed by atoms with Crippen LogP contribution in [0.25, 0.3) is 17.0 Å². The van der Waals surface area contributed by atoms with Crippen LogP contribution in [0.5, 0.6) is 5.75 Å². The van der Waals surface area contributed by atoms with Crippen molar-refractivity contribution in [3.63, 3.8) is 0 Å². The number of aromatic nitrogens is 3. The van der Waals surface area contributed by atoms with Gasteiger partial charge in [0.25, 0.3) is 0 Å². The van der Waals surface area contributed by atoms with Crippen LogP contribution in [0.1, 0.15) is 17.0 Å². The number of methoxy groups -OCH3 is 1. The van der Waals surface area contributed by atoms with Crippen molar-refractivity contribution in [3.8, 4) is 5.75 Å². The van der Waals surface area contributed by atoms with Crippen LogP contribution in [0.4, 0.5) is 0 Å². The summed E-state index contributed by atoms with van der Waals surface area (Å²) in [5.74, 6) is 2.78. The molecule has 0 fully saturated rings. The summed E-state index contributed by atoms with van der Waals surface area (Å²) < 4.78 is 5.53. The van der Waals surface area contributed by atoms with Crippen LogP contribution in [-0.4, -0.2) is 28.0 Å². The van der Waals surface area contributed by atoms with E-state index in [0.29, 0.717) is 16.3 Å². The molecular weight excluding hydrogens is 326 g/mol. The number of para-hydroxylation sites is 1. The molecule has 0 saturated carbocycles. The van der Waals surface area contributed by atoms with E-state index in [1.807, 2.05) is 43.3 Å². The lowest BCUT2D eigenvalue weighted by Gasteiger charge is -1.94. The summed E-state index contributed by atoms with van der Waals surface area (Å²) in [6.07, 6.45) is 2.01. The van der Waals surface area contributed by atoms with Gasteiger partial charge in [0.15, 0.2) is 0 Å². The number of rotatable bonds is 2. The Bertz CT molecular complexity index is 1350. The summed E-state index contributed by atoms with van der Waals surface area (Å²) in [6.45, 7) is 4.08. The SMILES string of the molecule is COc1c/c(=c2/[nH]c3ccccc3c2=C=O)[nH]c1=Cc1[nH]c(C)cc1C. The number of benzene rings is 1. The molecule has 3 heterocycles. The Morgan fingerprint density at radius 3 is 2.58 bits per heavy atom. The van der Waals surface area contributed by atoms with Crippen LogP contribution in [0.3, 0.4) is 0 Å². The first-order valence-electron chi connectivity index (χ1n) is 8.38. The zero-order valence-electron chi connectivity index (χ0n) is 14.9. The Morgan fingerprint density at radius 1 is 1.08 bits per heavy atom. The third-order valence-electron chi connectivity index (χ3n) is 4.59. The summed E-state index contributed by atoms with van der Waals surface area (Å²) >= 11 is 0. The Balaban J connectivity index is 2.10. The van der Waals surface area contributed by atoms with Gasteiger partial charge in [0, 0.05) is 28.4 Å². The van der Waals surface area contributed by atoms with Gasteiger partial charge in [0.2, 0.25) is 0 Å². The molecule has 3 N–H and O–H groups in total. The predicted molar refractivity (Wildman–Crippen MR) is 101 cm³/mol. The van der Waals surface area contributed by atoms with Crippen molar-refractivity contribution in [3.05, 3.63) is 74.6 Å². The number of nitrogens with one attached hydrogen (secondary N) is 3. The van der Waals surface area contributed by atoms with Gasteiger partial charge < -0.3 is 19.7 Å². The third-order valence-corrected chi connectivity index (χ3v) is 4.59. The molecule has 0 radical (unpaired) electrons. The maximum atomic E-state index is 11.6. The zero-order valence-corrected chi connectivity index (χ0v) is 14.9. The topological polar surface area (TPSA) is 73.7 Å². The Kier molecular flexibility index (Phi) is 3.79. The fourth-order valence-corrected chi connectivity index (χ4v) is 3.36. The third kappa shape index (κ3) is 2.55. The lowest BCUT2D eigenvalue weighted by molar-refractivity contribution is 0.412. The highest BCUT2D eigenvalue weighted by Gasteiger charge is 2.05. The number of hydrogen-bond donors (Lipinski definition) is 3. The van der Waals surface area contributed by atoms with Crippen LogP contribution in [0.2, 0.25) is 0 Å². The molecule has 5 heteroatoms. The summed E-state index contributed by atoms with van der Waals surface area (Å²) in [5.41, 5.74) is 4.19. The first-order chi connectivity index (χ1) is 12.6. The van der Waals surface area contributed by atoms with E-state index in [1.165, 1.54) is 0 Å². The quantitative estimate of drug-likeness (QED) is 0.520. The number of ether oxygens (including phenoxy) is 1. The van der Waals surface area contributed by atoms with E-state index >= 15 is 0 Å². The minimum absolute atomic E-state index is 0.517. The first kappa shape index (κ1) is 16.1. The molecule has 0 amide bonds. The number of H-pyrrole nitrogens is 3. The summed E-state index contributed by atoms with van der Waals surface area (Å²) in [7, 11) is 1.63. The largest absolute Gasteiger partial charge is 0.494 e. The number of aryl methyl sites for hydroxylation is 2. The average molecular weight is 345 g/mol. The monoisotopic (exact) mass is 345 g/mol. The molecule has 0 spiro atoms. The van der Waals surface area contributed by atoms with E-state index in [1.54, 1.807) is 7.11 Å². The minimum atomic E-state index is 0.517. The normalized spacial score (nSPS) is 13.3. The van der Waals surface area contributed by atoms with Crippen LogP contribution in [0, 0.1) is 24.5 Å². The number of fused-ring (bicyclic) bond motifs is 1. The standard InChI is InChI=1S/C21H19N3O2/c1-12-8-13(2)22-17(12)9-18-20(26-3)10-19(23-18)21-15(11-25)14-6-4-5-7-16(14)24-21/h4-10,22-24H,1-3H3/b18-9?,21-19-. The molecule has 0 unspecified atom stereocenters. The number of hydrogen-bond acceptors (Lipinski definition) is 2. The molecule has 0 aliphatic rings. The molecule has 0 aliphatic carbocycles. The molecule has 3 aromatic heterocycles. The second-order valence-corrected chi connectivity index (χ2v) is 6.38. The van der Waals surface area contributed by atoms with E-state index in [2.05, 4.69) is 33.9 Å². The average Bonchev–Trinajstić information content (AvgIpc) is 3.29. The van der Waals surface area contributed by atoms with Gasteiger partial charge >= 0.3 is 0 Å². The molecule has 0 aliphatic heterocycles. The highest BCUT2D eigenvalue weighted by molar-refractivity contribution is 5.83. The van der Waals surface area contributed by atoms with Gasteiger partial charge in [0.1, 0.15) is 11.7 Å². The summed E-state index contributed by atoms with van der Waals surface area (Å²) in [5, 5.41) is 3.69. The molecular formula is C21H19N3O2. The van der Waals surface area contributed by atoms with E-state index < -0.39 is 0 Å². The number of carbonyl (C=O) groups excluding carboxylic acids is 1. The van der Waals surface area contributed by atoms with Gasteiger partial charge in [-0.2, -0.15) is 0 Å². The molecule has 4 rings (SSSR count). The van der Waals surface area contributed by atoms with Gasteiger partial charge in [-0.3, -0.25) is 0 Å². The van der Waals surface area contributed by atoms with Crippen molar-refractivity contribution >= 4 is 22.9 Å². The van der Waals surface area contributed by atoms with Crippen molar-refractivity contribution in [2.24, 2.45) is 0 Å². The van der Waals surface area contributed by atoms with Gasteiger partial charge in [-0.15, -0.1) is 0 Å². The predicted octanol–water partition coefficient (Wildman–Crippen LogP) is 2.07. The van der Waals surface area contributed by atoms with Crippen molar-refractivity contribution in [1.29, 1.82) is 0 Å². The van der Waals surface area contributed by atoms with Gasteiger partial charge in [-0.25, -0.2) is 4.79 Å². The maximum Gasteiger partial charge on any atom is 0.144 e. The molecule has 0 bridgehead atoms. The molecule has 0 saturated heterocycles. The van der Waals surface area contributed by atoms with Crippen LogP contribution in [0.15, 0.2) is 36.4 Å². The van der Waals surface area contributed by atoms with Gasteiger partial charge in [-0.05, 0) is 37.6 Å². The molecule has 1 aromatic carbocycles. The highest BCUT2D eigenvalue weighted by Crippen LogP contribution is 2.12. The smallest absolute Gasteiger partial charge is 0.144 e. The van der Waals surface area contributed by atoms with Gasteiger partial charge in [0.05, 0.1) is 28.4 Å². The highest BCUT2D eigenvalue weighted by atomic mass is 16.5. The molecule has 26 heavy (non-hydrogen) atoms. The Hall–Kier alpha value is -3.43. The second-order valence-electron chi connectivity index (χ2n) is 6.38. The molecule has 0 atom stereocenters. The van der Waals surface area contributed by atoms with E-state index in [0.717, 1.165) is 38.6 Å². The summed E-state index contributed by atoms with van der Waals surface area (Å²) in [4.78, 5) is 21.6. The van der Waals surface area contributed by atoms with Crippen LogP contribution in [-0.2, 0) is 4.79 Å². The molecule has 4 aromatic rings. The van der Waals surface area contributed by atoms with Crippen molar-refractivity contribution < 1.29 is 9.53 Å². The first-order valence-corrected chi connectivity index (χ1v) is 8.38. The van der Waals surface area contributed by atoms with Crippen LogP contribution >= 0.6 is 0 Å². The van der Waals surface area contributed by atoms with Gasteiger partial charge in [-0.1, -0.05) is 18.2 Å². The minimum Gasteiger partial charge on any atom is -0.494 e. The van der Waals surface area contributed by atoms with Crippen molar-refractivity contribution in [2.75, 3.05) is 7.11 Å². The fourth-order valence-electron chi connectivity index (χ4n) is 3.36. The van der Waals surface area contributed by atoms with Crippen molar-refractivity contribution in [1.82, 2.24) is 15.0 Å². The molecule has 5 nitrogen and oxygen atoms in total. The van der Waals surface area contributed by atoms with E-state index in [9.17, 15) is 4.79 Å². The zero-order chi connectivity index (χ0) is 18.3. The van der Waals surface area contributed by atoms with E-state index in [-0.39, 0.29) is 0 Å². The summed E-state index contributed by atoms with van der Waals surface area (Å²) in [6, 6.07) is 11.7. The van der Waals surface area contributed by atoms with Crippen molar-refractivity contribution in [2.45, 2.75) is 13.8 Å². The second kappa shape index (κ2) is 6.14. The molecule has 130 valence electrons. The Morgan fingerprint density at radius 2 is 1.88 bits per heavy atom. The lowest BCUT2D eigenvalue weighted by Crippen LogP contribution is -2.07. The maximum absolute atomic E-state index is 11.6. The van der Waals surface area contributed by atoms with Crippen LogP contribution < -0.4 is 15.3 Å². The lowest BCUT2D eigenvalue weighted by atomic mass is 10.2. The van der Waals surface area contributed by atoms with E-state index in [4.69, 9.17) is 4.74 Å². The Labute approximate surface area is 149 Å².